The van der Waals surface area contributed by atoms with Crippen molar-refractivity contribution < 1.29 is 24.2 Å². The first-order valence-corrected chi connectivity index (χ1v) is 11.2. The van der Waals surface area contributed by atoms with Gasteiger partial charge in [0.2, 0.25) is 11.8 Å². The molecule has 8 nitrogen and oxygen atoms in total. The van der Waals surface area contributed by atoms with Crippen LogP contribution in [0, 0.1) is 17.8 Å². The van der Waals surface area contributed by atoms with Crippen LogP contribution >= 0.6 is 0 Å². The molecule has 34 heavy (non-hydrogen) atoms. The third-order valence-corrected chi connectivity index (χ3v) is 5.95. The number of rotatable bonds is 5. The molecule has 1 aromatic heterocycles. The number of fused-ring (bicyclic) bond motifs is 1. The molecule has 0 fully saturated rings. The maximum atomic E-state index is 13.4. The van der Waals surface area contributed by atoms with Gasteiger partial charge in [-0.2, -0.15) is 0 Å². The van der Waals surface area contributed by atoms with E-state index in [2.05, 4.69) is 16.8 Å². The molecule has 1 aliphatic rings. The normalized spacial score (nSPS) is 18.4. The molecule has 0 radical (unpaired) electrons. The summed E-state index contributed by atoms with van der Waals surface area (Å²) in [4.78, 5) is 32.9. The Morgan fingerprint density at radius 3 is 2.62 bits per heavy atom. The molecule has 1 aromatic carbocycles. The van der Waals surface area contributed by atoms with Gasteiger partial charge in [0.15, 0.2) is 0 Å². The Morgan fingerprint density at radius 2 is 2.00 bits per heavy atom. The Balaban J connectivity index is 1.98. The van der Waals surface area contributed by atoms with Crippen LogP contribution in [0.1, 0.15) is 42.3 Å². The molecule has 0 saturated heterocycles. The molecule has 0 aliphatic carbocycles. The third-order valence-electron chi connectivity index (χ3n) is 5.95. The van der Waals surface area contributed by atoms with Crippen LogP contribution in [-0.2, 0) is 4.79 Å². The Hall–Kier alpha value is -3.57. The van der Waals surface area contributed by atoms with E-state index in [0.717, 1.165) is 11.3 Å². The van der Waals surface area contributed by atoms with Gasteiger partial charge in [0, 0.05) is 43.8 Å². The summed E-state index contributed by atoms with van der Waals surface area (Å²) < 4.78 is 11.3. The molecule has 0 saturated carbocycles. The Labute approximate surface area is 200 Å². The van der Waals surface area contributed by atoms with Crippen molar-refractivity contribution in [2.24, 2.45) is 5.92 Å². The van der Waals surface area contributed by atoms with Gasteiger partial charge >= 0.3 is 0 Å². The second-order valence-corrected chi connectivity index (χ2v) is 8.58. The van der Waals surface area contributed by atoms with Crippen molar-refractivity contribution in [2.45, 2.75) is 32.9 Å². The molecule has 2 amide bonds. The van der Waals surface area contributed by atoms with Gasteiger partial charge in [-0.05, 0) is 37.3 Å². The van der Waals surface area contributed by atoms with E-state index in [1.54, 1.807) is 43.1 Å². The van der Waals surface area contributed by atoms with Crippen LogP contribution in [0.3, 0.4) is 0 Å². The molecule has 3 atom stereocenters. The fourth-order valence-electron chi connectivity index (χ4n) is 3.61. The monoisotopic (exact) mass is 465 g/mol. The van der Waals surface area contributed by atoms with Crippen molar-refractivity contribution in [3.05, 3.63) is 53.2 Å². The minimum Gasteiger partial charge on any atom is -0.497 e. The standard InChI is InChI=1S/C26H31N3O5/c1-17-14-29(18(2)16-30)26(32)23-12-21(7-6-20-8-10-22(33-5)11-9-20)13-27-25(23)34-24(17)15-28(4)19(3)31/h8-13,17-18,24,30H,14-16H2,1-5H3/t17-,18+,24+/m0/s1. The topological polar surface area (TPSA) is 92.2 Å². The van der Waals surface area contributed by atoms with E-state index < -0.39 is 0 Å². The summed E-state index contributed by atoms with van der Waals surface area (Å²) in [5.74, 6) is 6.61. The van der Waals surface area contributed by atoms with Crippen LogP contribution in [-0.4, -0.2) is 77.7 Å². The van der Waals surface area contributed by atoms with Crippen LogP contribution in [0.5, 0.6) is 11.6 Å². The molecule has 1 N–H and O–H groups in total. The van der Waals surface area contributed by atoms with Crippen LogP contribution in [0.2, 0.25) is 0 Å². The number of aliphatic hydroxyl groups is 1. The number of carbonyl (C=O) groups excluding carboxylic acids is 2. The van der Waals surface area contributed by atoms with Gasteiger partial charge in [0.05, 0.1) is 26.3 Å². The summed E-state index contributed by atoms with van der Waals surface area (Å²) in [6.07, 6.45) is 1.19. The second kappa shape index (κ2) is 11.0. The maximum absolute atomic E-state index is 13.4. The number of hydrogen-bond acceptors (Lipinski definition) is 6. The lowest BCUT2D eigenvalue weighted by molar-refractivity contribution is -0.129. The van der Waals surface area contributed by atoms with E-state index in [-0.39, 0.29) is 47.9 Å². The highest BCUT2D eigenvalue weighted by Crippen LogP contribution is 2.27. The molecule has 3 rings (SSSR count). The van der Waals surface area contributed by atoms with Gasteiger partial charge in [-0.3, -0.25) is 9.59 Å². The van der Waals surface area contributed by atoms with Gasteiger partial charge in [0.1, 0.15) is 17.4 Å². The summed E-state index contributed by atoms with van der Waals surface area (Å²) >= 11 is 0. The molecule has 2 aromatic rings. The van der Waals surface area contributed by atoms with Crippen molar-refractivity contribution in [3.63, 3.8) is 0 Å². The van der Waals surface area contributed by atoms with Crippen molar-refractivity contribution in [2.75, 3.05) is 33.9 Å². The molecule has 180 valence electrons. The molecular weight excluding hydrogens is 434 g/mol. The average molecular weight is 466 g/mol. The maximum Gasteiger partial charge on any atom is 0.259 e. The number of methoxy groups -OCH3 is 1. The highest BCUT2D eigenvalue weighted by molar-refractivity contribution is 5.97. The zero-order chi connectivity index (χ0) is 24.8. The first-order chi connectivity index (χ1) is 16.2. The number of ether oxygens (including phenoxy) is 2. The first-order valence-electron chi connectivity index (χ1n) is 11.2. The zero-order valence-electron chi connectivity index (χ0n) is 20.2. The molecule has 1 aliphatic heterocycles. The predicted octanol–water partition coefficient (Wildman–Crippen LogP) is 2.19. The summed E-state index contributed by atoms with van der Waals surface area (Å²) in [5, 5.41) is 9.76. The highest BCUT2D eigenvalue weighted by Gasteiger charge is 2.34. The van der Waals surface area contributed by atoms with E-state index in [4.69, 9.17) is 9.47 Å². The molecule has 0 bridgehead atoms. The largest absolute Gasteiger partial charge is 0.497 e. The number of aromatic nitrogens is 1. The summed E-state index contributed by atoms with van der Waals surface area (Å²) in [6.45, 7) is 5.81. The fourth-order valence-corrected chi connectivity index (χ4v) is 3.61. The van der Waals surface area contributed by atoms with Gasteiger partial charge in [-0.15, -0.1) is 0 Å². The minimum atomic E-state index is -0.388. The second-order valence-electron chi connectivity index (χ2n) is 8.58. The van der Waals surface area contributed by atoms with E-state index in [9.17, 15) is 14.7 Å². The highest BCUT2D eigenvalue weighted by atomic mass is 16.5. The molecular formula is C26H31N3O5. The van der Waals surface area contributed by atoms with Crippen LogP contribution in [0.15, 0.2) is 36.5 Å². The smallest absolute Gasteiger partial charge is 0.259 e. The number of amides is 2. The SMILES string of the molecule is COc1ccc(C#Cc2cnc3c(c2)C(=O)N([C@H](C)CO)C[C@H](C)[C@@H](CN(C)C(C)=O)O3)cc1. The number of carbonyl (C=O) groups is 2. The third kappa shape index (κ3) is 5.86. The van der Waals surface area contributed by atoms with Crippen molar-refractivity contribution >= 4 is 11.8 Å². The van der Waals surface area contributed by atoms with E-state index in [0.29, 0.717) is 18.7 Å². The Bertz CT molecular complexity index is 1090. The number of pyridine rings is 1. The summed E-state index contributed by atoms with van der Waals surface area (Å²) in [7, 11) is 3.32. The van der Waals surface area contributed by atoms with E-state index >= 15 is 0 Å². The molecule has 8 heteroatoms. The van der Waals surface area contributed by atoms with E-state index in [1.807, 2.05) is 31.2 Å². The van der Waals surface area contributed by atoms with Gasteiger partial charge in [-0.1, -0.05) is 18.8 Å². The van der Waals surface area contributed by atoms with Crippen molar-refractivity contribution in [1.29, 1.82) is 0 Å². The molecule has 2 heterocycles. The van der Waals surface area contributed by atoms with Crippen LogP contribution in [0.4, 0.5) is 0 Å². The molecule has 0 unspecified atom stereocenters. The van der Waals surface area contributed by atoms with Gasteiger partial charge in [-0.25, -0.2) is 4.98 Å². The number of benzene rings is 1. The Morgan fingerprint density at radius 1 is 1.32 bits per heavy atom. The fraction of sp³-hybridized carbons (Fsp3) is 0.423. The summed E-state index contributed by atoms with van der Waals surface area (Å²) in [5.41, 5.74) is 1.64. The van der Waals surface area contributed by atoms with Gasteiger partial charge in [0.25, 0.3) is 5.91 Å². The van der Waals surface area contributed by atoms with Crippen molar-refractivity contribution in [1.82, 2.24) is 14.8 Å². The minimum absolute atomic E-state index is 0.0770. The lowest BCUT2D eigenvalue weighted by Gasteiger charge is -2.37. The quantitative estimate of drug-likeness (QED) is 0.681. The number of hydrogen-bond donors (Lipinski definition) is 1. The lowest BCUT2D eigenvalue weighted by atomic mass is 10.00. The van der Waals surface area contributed by atoms with Crippen LogP contribution < -0.4 is 9.47 Å². The average Bonchev–Trinajstić information content (AvgIpc) is 2.84. The van der Waals surface area contributed by atoms with E-state index in [1.165, 1.54) is 6.92 Å². The molecule has 0 spiro atoms. The summed E-state index contributed by atoms with van der Waals surface area (Å²) in [6, 6.07) is 8.63. The zero-order valence-corrected chi connectivity index (χ0v) is 20.2. The first kappa shape index (κ1) is 25.1. The predicted molar refractivity (Wildman–Crippen MR) is 128 cm³/mol. The van der Waals surface area contributed by atoms with Crippen molar-refractivity contribution in [3.8, 4) is 23.5 Å². The number of aliphatic hydroxyl groups excluding tert-OH is 1. The lowest BCUT2D eigenvalue weighted by Crippen LogP contribution is -2.50. The van der Waals surface area contributed by atoms with Crippen LogP contribution in [0.25, 0.3) is 0 Å². The van der Waals surface area contributed by atoms with Gasteiger partial charge < -0.3 is 24.4 Å². The Kier molecular flexibility index (Phi) is 8.13. The number of nitrogens with zero attached hydrogens (tertiary/aromatic N) is 3. The number of likely N-dealkylation sites (N-methyl/N-ethyl adjacent to an activating group) is 1.